The van der Waals surface area contributed by atoms with E-state index in [1.165, 1.54) is 0 Å². The Morgan fingerprint density at radius 1 is 1.58 bits per heavy atom. The summed E-state index contributed by atoms with van der Waals surface area (Å²) in [5, 5.41) is 10.6. The van der Waals surface area contributed by atoms with E-state index >= 15 is 0 Å². The second-order valence-corrected chi connectivity index (χ2v) is 2.83. The van der Waals surface area contributed by atoms with Gasteiger partial charge >= 0.3 is 0 Å². The largest absolute Gasteiger partial charge is 0.368 e. The van der Waals surface area contributed by atoms with Crippen molar-refractivity contribution in [1.82, 2.24) is 5.32 Å². The van der Waals surface area contributed by atoms with Crippen molar-refractivity contribution in [2.24, 2.45) is 5.73 Å². The number of hydrogen-bond acceptors (Lipinski definition) is 3. The summed E-state index contributed by atoms with van der Waals surface area (Å²) < 4.78 is 0. The normalized spacial score (nSPS) is 17.6. The summed E-state index contributed by atoms with van der Waals surface area (Å²) in [5.41, 5.74) is 4.20. The fourth-order valence-electron chi connectivity index (χ4n) is 0.941. The molecule has 0 aliphatic heterocycles. The van der Waals surface area contributed by atoms with Crippen LogP contribution in [0.2, 0.25) is 0 Å². The van der Waals surface area contributed by atoms with Gasteiger partial charge in [0, 0.05) is 0 Å². The summed E-state index contributed by atoms with van der Waals surface area (Å²) in [7, 11) is 0. The molecule has 1 aliphatic carbocycles. The number of nitrogens with one attached hydrogen (secondary N) is 1. The summed E-state index contributed by atoms with van der Waals surface area (Å²) >= 11 is 0. The van der Waals surface area contributed by atoms with E-state index in [0.29, 0.717) is 12.8 Å². The van der Waals surface area contributed by atoms with E-state index in [0.717, 1.165) is 0 Å². The Bertz CT molecular complexity index is 262. The van der Waals surface area contributed by atoms with Crippen molar-refractivity contribution in [3.63, 3.8) is 0 Å². The summed E-state index contributed by atoms with van der Waals surface area (Å²) in [5.74, 6) is -0.956. The second-order valence-electron chi connectivity index (χ2n) is 2.83. The van der Waals surface area contributed by atoms with Crippen molar-refractivity contribution in [1.29, 1.82) is 5.26 Å². The highest BCUT2D eigenvalue weighted by Gasteiger charge is 2.49. The molecule has 5 nitrogen and oxygen atoms in total. The van der Waals surface area contributed by atoms with E-state index in [4.69, 9.17) is 11.0 Å². The summed E-state index contributed by atoms with van der Waals surface area (Å²) in [6.45, 7) is 0. The lowest BCUT2D eigenvalue weighted by molar-refractivity contribution is -0.127. The molecule has 64 valence electrons. The lowest BCUT2D eigenvalue weighted by Crippen LogP contribution is -2.46. The molecule has 0 spiro atoms. The second kappa shape index (κ2) is 2.81. The maximum atomic E-state index is 10.9. The molecule has 0 radical (unpaired) electrons. The number of primary amides is 1. The van der Waals surface area contributed by atoms with Crippen molar-refractivity contribution in [2.45, 2.75) is 24.8 Å². The van der Waals surface area contributed by atoms with E-state index in [1.807, 2.05) is 0 Å². The molecule has 0 heterocycles. The van der Waals surface area contributed by atoms with Gasteiger partial charge in [-0.3, -0.25) is 9.59 Å². The van der Waals surface area contributed by atoms with Crippen molar-refractivity contribution in [3.05, 3.63) is 0 Å². The van der Waals surface area contributed by atoms with Crippen LogP contribution in [-0.4, -0.2) is 17.4 Å². The van der Waals surface area contributed by atoms with Crippen LogP contribution in [-0.2, 0) is 9.59 Å². The predicted octanol–water partition coefficient (Wildman–Crippen LogP) is -0.966. The number of nitrogens with two attached hydrogens (primary N) is 1. The molecule has 12 heavy (non-hydrogen) atoms. The quantitative estimate of drug-likeness (QED) is 0.566. The van der Waals surface area contributed by atoms with Crippen LogP contribution in [0.1, 0.15) is 19.3 Å². The Labute approximate surface area is 69.5 Å². The van der Waals surface area contributed by atoms with E-state index in [2.05, 4.69) is 5.32 Å². The molecular weight excluding hydrogens is 158 g/mol. The summed E-state index contributed by atoms with van der Waals surface area (Å²) in [6.07, 6.45) is 0.939. The van der Waals surface area contributed by atoms with Gasteiger partial charge in [0.25, 0.3) is 0 Å². The highest BCUT2D eigenvalue weighted by atomic mass is 16.2. The third kappa shape index (κ3) is 1.53. The van der Waals surface area contributed by atoms with Crippen LogP contribution in [0.25, 0.3) is 0 Å². The highest BCUT2D eigenvalue weighted by molar-refractivity contribution is 5.93. The topological polar surface area (TPSA) is 96.0 Å². The van der Waals surface area contributed by atoms with E-state index in [1.54, 1.807) is 6.07 Å². The molecular formula is C7H9N3O2. The molecule has 0 saturated heterocycles. The molecule has 0 aromatic rings. The lowest BCUT2D eigenvalue weighted by Gasteiger charge is -2.11. The average molecular weight is 167 g/mol. The third-order valence-corrected chi connectivity index (χ3v) is 1.84. The summed E-state index contributed by atoms with van der Waals surface area (Å²) in [4.78, 5) is 21.6. The minimum absolute atomic E-state index is 0.227. The molecule has 3 N–H and O–H groups in total. The van der Waals surface area contributed by atoms with Gasteiger partial charge in [0.05, 0.1) is 6.07 Å². The van der Waals surface area contributed by atoms with Crippen LogP contribution >= 0.6 is 0 Å². The monoisotopic (exact) mass is 167 g/mol. The first-order valence-electron chi connectivity index (χ1n) is 3.58. The Morgan fingerprint density at radius 3 is 2.50 bits per heavy atom. The molecule has 0 atom stereocenters. The molecule has 2 amide bonds. The maximum absolute atomic E-state index is 10.9. The van der Waals surface area contributed by atoms with E-state index < -0.39 is 17.4 Å². The highest BCUT2D eigenvalue weighted by Crippen LogP contribution is 2.34. The molecule has 1 fully saturated rings. The minimum atomic E-state index is -0.839. The summed E-state index contributed by atoms with van der Waals surface area (Å²) in [6, 6.07) is 1.69. The fraction of sp³-hybridized carbons (Fsp3) is 0.571. The number of carbonyl (C=O) groups is 2. The van der Waals surface area contributed by atoms with Crippen molar-refractivity contribution >= 4 is 11.8 Å². The zero-order valence-electron chi connectivity index (χ0n) is 6.46. The van der Waals surface area contributed by atoms with Crippen LogP contribution in [0.15, 0.2) is 0 Å². The van der Waals surface area contributed by atoms with E-state index in [-0.39, 0.29) is 6.42 Å². The van der Waals surface area contributed by atoms with Gasteiger partial charge in [-0.05, 0) is 12.8 Å². The first-order valence-corrected chi connectivity index (χ1v) is 3.58. The van der Waals surface area contributed by atoms with Crippen LogP contribution in [0, 0.1) is 11.3 Å². The van der Waals surface area contributed by atoms with Crippen LogP contribution in [0.3, 0.4) is 0 Å². The first kappa shape index (κ1) is 8.53. The zero-order chi connectivity index (χ0) is 9.19. The number of carbonyl (C=O) groups excluding carboxylic acids is 2. The molecule has 0 aromatic heterocycles. The third-order valence-electron chi connectivity index (χ3n) is 1.84. The molecule has 1 rings (SSSR count). The minimum Gasteiger partial charge on any atom is -0.368 e. The molecule has 1 saturated carbocycles. The molecule has 0 bridgehead atoms. The first-order chi connectivity index (χ1) is 5.60. The van der Waals surface area contributed by atoms with Crippen molar-refractivity contribution < 1.29 is 9.59 Å². The lowest BCUT2D eigenvalue weighted by atomic mass is 10.2. The SMILES string of the molecule is N#CCC(=O)NC1(C(N)=O)CC1. The number of hydrogen-bond donors (Lipinski definition) is 2. The maximum Gasteiger partial charge on any atom is 0.243 e. The van der Waals surface area contributed by atoms with Gasteiger partial charge in [-0.15, -0.1) is 0 Å². The predicted molar refractivity (Wildman–Crippen MR) is 39.5 cm³/mol. The van der Waals surface area contributed by atoms with Gasteiger partial charge in [-0.2, -0.15) is 5.26 Å². The average Bonchev–Trinajstić information content (AvgIpc) is 2.69. The molecule has 0 unspecified atom stereocenters. The van der Waals surface area contributed by atoms with Crippen LogP contribution < -0.4 is 11.1 Å². The standard InChI is InChI=1S/C7H9N3O2/c8-4-1-5(11)10-7(2-3-7)6(9)12/h1-3H2,(H2,9,12)(H,10,11). The van der Waals surface area contributed by atoms with Gasteiger partial charge in [0.2, 0.25) is 11.8 Å². The Balaban J connectivity index is 2.47. The van der Waals surface area contributed by atoms with Gasteiger partial charge in [-0.25, -0.2) is 0 Å². The molecule has 1 aliphatic rings. The molecule has 0 aromatic carbocycles. The van der Waals surface area contributed by atoms with Crippen LogP contribution in [0.4, 0.5) is 0 Å². The van der Waals surface area contributed by atoms with Gasteiger partial charge in [0.1, 0.15) is 12.0 Å². The number of rotatable bonds is 3. The van der Waals surface area contributed by atoms with Crippen LogP contribution in [0.5, 0.6) is 0 Å². The van der Waals surface area contributed by atoms with Crippen molar-refractivity contribution in [3.8, 4) is 6.07 Å². The Kier molecular flexibility index (Phi) is 2.00. The van der Waals surface area contributed by atoms with Gasteiger partial charge in [0.15, 0.2) is 0 Å². The van der Waals surface area contributed by atoms with Gasteiger partial charge in [-0.1, -0.05) is 0 Å². The van der Waals surface area contributed by atoms with Crippen molar-refractivity contribution in [2.75, 3.05) is 0 Å². The Morgan fingerprint density at radius 2 is 2.17 bits per heavy atom. The number of nitrogens with zero attached hydrogens (tertiary/aromatic N) is 1. The molecule has 5 heteroatoms. The number of nitriles is 1. The van der Waals surface area contributed by atoms with E-state index in [9.17, 15) is 9.59 Å². The fourth-order valence-corrected chi connectivity index (χ4v) is 0.941. The zero-order valence-corrected chi connectivity index (χ0v) is 6.46. The Hall–Kier alpha value is -1.57. The smallest absolute Gasteiger partial charge is 0.243 e. The van der Waals surface area contributed by atoms with Gasteiger partial charge < -0.3 is 11.1 Å². The number of amides is 2.